The van der Waals surface area contributed by atoms with Crippen molar-refractivity contribution in [3.05, 3.63) is 28.8 Å². The lowest BCUT2D eigenvalue weighted by atomic mass is 9.86. The highest BCUT2D eigenvalue weighted by molar-refractivity contribution is 6.32. The summed E-state index contributed by atoms with van der Waals surface area (Å²) in [6.45, 7) is 3.30. The van der Waals surface area contributed by atoms with Gasteiger partial charge in [-0.15, -0.1) is 0 Å². The fraction of sp³-hybridized carbons (Fsp3) is 0.364. The molecular weight excluding hydrogens is 216 g/mol. The van der Waals surface area contributed by atoms with Gasteiger partial charge in [-0.2, -0.15) is 0 Å². The van der Waals surface area contributed by atoms with Gasteiger partial charge in [0.2, 0.25) is 0 Å². The molecule has 4 heteroatoms. The van der Waals surface area contributed by atoms with Crippen LogP contribution in [0.3, 0.4) is 0 Å². The summed E-state index contributed by atoms with van der Waals surface area (Å²) in [6, 6.07) is 4.73. The second-order valence-corrected chi connectivity index (χ2v) is 4.56. The molecule has 0 bridgehead atoms. The van der Waals surface area contributed by atoms with Crippen LogP contribution in [0.2, 0.25) is 5.02 Å². The lowest BCUT2D eigenvalue weighted by molar-refractivity contribution is -0.146. The predicted octanol–water partition coefficient (Wildman–Crippen LogP) is 2.70. The van der Waals surface area contributed by atoms with Crippen LogP contribution in [0.5, 0.6) is 5.75 Å². The quantitative estimate of drug-likeness (QED) is 0.836. The Morgan fingerprint density at radius 3 is 2.53 bits per heavy atom. The van der Waals surface area contributed by atoms with Crippen molar-refractivity contribution in [3.63, 3.8) is 0 Å². The molecule has 3 nitrogen and oxygen atoms in total. The summed E-state index contributed by atoms with van der Waals surface area (Å²) < 4.78 is 0. The molecule has 82 valence electrons. The molecule has 0 saturated carbocycles. The number of benzene rings is 1. The number of aromatic hydroxyl groups is 1. The van der Waals surface area contributed by atoms with Gasteiger partial charge in [-0.1, -0.05) is 17.7 Å². The SMILES string of the molecule is CC(C)(Cc1ccc(O)c(Cl)c1)C(=O)O. The van der Waals surface area contributed by atoms with Gasteiger partial charge in [0, 0.05) is 0 Å². The smallest absolute Gasteiger partial charge is 0.309 e. The van der Waals surface area contributed by atoms with Gasteiger partial charge in [0.25, 0.3) is 0 Å². The molecule has 0 spiro atoms. The number of carbonyl (C=O) groups is 1. The third-order valence-corrected chi connectivity index (χ3v) is 2.54. The van der Waals surface area contributed by atoms with E-state index in [2.05, 4.69) is 0 Å². The van der Waals surface area contributed by atoms with Gasteiger partial charge in [-0.3, -0.25) is 4.79 Å². The zero-order valence-electron chi connectivity index (χ0n) is 8.62. The molecule has 0 aliphatic heterocycles. The van der Waals surface area contributed by atoms with Crippen LogP contribution in [0.25, 0.3) is 0 Å². The number of phenols is 1. The second-order valence-electron chi connectivity index (χ2n) is 4.15. The van der Waals surface area contributed by atoms with E-state index >= 15 is 0 Å². The average Bonchev–Trinajstić information content (AvgIpc) is 2.10. The van der Waals surface area contributed by atoms with Crippen molar-refractivity contribution in [2.24, 2.45) is 5.41 Å². The number of hydrogen-bond acceptors (Lipinski definition) is 2. The summed E-state index contributed by atoms with van der Waals surface area (Å²) in [5.74, 6) is -0.847. The molecule has 1 rings (SSSR count). The molecule has 0 radical (unpaired) electrons. The largest absolute Gasteiger partial charge is 0.506 e. The van der Waals surface area contributed by atoms with E-state index < -0.39 is 11.4 Å². The lowest BCUT2D eigenvalue weighted by Crippen LogP contribution is -2.26. The van der Waals surface area contributed by atoms with Gasteiger partial charge in [0.1, 0.15) is 5.75 Å². The van der Waals surface area contributed by atoms with E-state index in [1.165, 1.54) is 6.07 Å². The zero-order valence-corrected chi connectivity index (χ0v) is 9.38. The van der Waals surface area contributed by atoms with Gasteiger partial charge in [-0.25, -0.2) is 0 Å². The fourth-order valence-electron chi connectivity index (χ4n) is 1.25. The van der Waals surface area contributed by atoms with Crippen molar-refractivity contribution in [3.8, 4) is 5.75 Å². The molecule has 0 aliphatic carbocycles. The summed E-state index contributed by atoms with van der Waals surface area (Å²) in [5, 5.41) is 18.4. The Bertz CT molecular complexity index is 385. The zero-order chi connectivity index (χ0) is 11.6. The highest BCUT2D eigenvalue weighted by Gasteiger charge is 2.27. The molecule has 1 aromatic carbocycles. The number of phenolic OH excluding ortho intramolecular Hbond substituents is 1. The van der Waals surface area contributed by atoms with Crippen LogP contribution in [-0.2, 0) is 11.2 Å². The molecule has 2 N–H and O–H groups in total. The average molecular weight is 229 g/mol. The molecule has 0 unspecified atom stereocenters. The Balaban J connectivity index is 2.91. The second kappa shape index (κ2) is 4.11. The molecule has 15 heavy (non-hydrogen) atoms. The predicted molar refractivity (Wildman–Crippen MR) is 58.2 cm³/mol. The highest BCUT2D eigenvalue weighted by atomic mass is 35.5. The summed E-state index contributed by atoms with van der Waals surface area (Å²) in [6.07, 6.45) is 0.377. The summed E-state index contributed by atoms with van der Waals surface area (Å²) in [7, 11) is 0. The lowest BCUT2D eigenvalue weighted by Gasteiger charge is -2.19. The van der Waals surface area contributed by atoms with E-state index in [1.54, 1.807) is 26.0 Å². The Hall–Kier alpha value is -1.22. The molecular formula is C11H13ClO3. The molecule has 0 atom stereocenters. The highest BCUT2D eigenvalue weighted by Crippen LogP contribution is 2.28. The van der Waals surface area contributed by atoms with Crippen LogP contribution in [0.4, 0.5) is 0 Å². The fourth-order valence-corrected chi connectivity index (χ4v) is 1.45. The Kier molecular flexibility index (Phi) is 3.25. The first kappa shape index (κ1) is 11.9. The van der Waals surface area contributed by atoms with Gasteiger partial charge in [-0.05, 0) is 38.0 Å². The first-order valence-electron chi connectivity index (χ1n) is 4.54. The molecule has 0 aliphatic rings. The number of aliphatic carboxylic acids is 1. The minimum atomic E-state index is -0.855. The summed E-state index contributed by atoms with van der Waals surface area (Å²) in [5.41, 5.74) is -0.0366. The van der Waals surface area contributed by atoms with Gasteiger partial charge >= 0.3 is 5.97 Å². The molecule has 1 aromatic rings. The van der Waals surface area contributed by atoms with E-state index in [9.17, 15) is 9.90 Å². The summed E-state index contributed by atoms with van der Waals surface area (Å²) in [4.78, 5) is 10.9. The van der Waals surface area contributed by atoms with Crippen molar-refractivity contribution < 1.29 is 15.0 Å². The molecule has 0 amide bonds. The maximum absolute atomic E-state index is 10.9. The number of hydrogen-bond donors (Lipinski definition) is 2. The molecule has 0 fully saturated rings. The third-order valence-electron chi connectivity index (χ3n) is 2.24. The normalized spacial score (nSPS) is 11.4. The number of carboxylic acid groups (broad SMARTS) is 1. The Morgan fingerprint density at radius 1 is 1.47 bits per heavy atom. The van der Waals surface area contributed by atoms with Gasteiger partial charge < -0.3 is 10.2 Å². The van der Waals surface area contributed by atoms with Crippen LogP contribution in [0.1, 0.15) is 19.4 Å². The maximum atomic E-state index is 10.9. The van der Waals surface area contributed by atoms with Crippen LogP contribution >= 0.6 is 11.6 Å². The topological polar surface area (TPSA) is 57.5 Å². The van der Waals surface area contributed by atoms with Crippen molar-refractivity contribution >= 4 is 17.6 Å². The van der Waals surface area contributed by atoms with E-state index in [4.69, 9.17) is 16.7 Å². The van der Waals surface area contributed by atoms with Crippen molar-refractivity contribution in [2.45, 2.75) is 20.3 Å². The number of rotatable bonds is 3. The van der Waals surface area contributed by atoms with Crippen LogP contribution in [0.15, 0.2) is 18.2 Å². The van der Waals surface area contributed by atoms with Gasteiger partial charge in [0.15, 0.2) is 0 Å². The number of carboxylic acids is 1. The van der Waals surface area contributed by atoms with Crippen LogP contribution in [0, 0.1) is 5.41 Å². The van der Waals surface area contributed by atoms with E-state index in [0.29, 0.717) is 6.42 Å². The Labute approximate surface area is 93.3 Å². The summed E-state index contributed by atoms with van der Waals surface area (Å²) >= 11 is 5.72. The van der Waals surface area contributed by atoms with E-state index in [-0.39, 0.29) is 10.8 Å². The third kappa shape index (κ3) is 2.86. The minimum Gasteiger partial charge on any atom is -0.506 e. The number of halogens is 1. The first-order valence-corrected chi connectivity index (χ1v) is 4.91. The first-order chi connectivity index (χ1) is 6.83. The van der Waals surface area contributed by atoms with Gasteiger partial charge in [0.05, 0.1) is 10.4 Å². The van der Waals surface area contributed by atoms with Crippen LogP contribution < -0.4 is 0 Å². The standard InChI is InChI=1S/C11H13ClO3/c1-11(2,10(14)15)6-7-3-4-9(13)8(12)5-7/h3-5,13H,6H2,1-2H3,(H,14,15). The minimum absolute atomic E-state index is 0.00791. The molecule has 0 aromatic heterocycles. The van der Waals surface area contributed by atoms with Crippen molar-refractivity contribution in [1.82, 2.24) is 0 Å². The Morgan fingerprint density at radius 2 is 2.07 bits per heavy atom. The molecule has 0 heterocycles. The van der Waals surface area contributed by atoms with E-state index in [0.717, 1.165) is 5.56 Å². The maximum Gasteiger partial charge on any atom is 0.309 e. The monoisotopic (exact) mass is 228 g/mol. The molecule has 0 saturated heterocycles. The van der Waals surface area contributed by atoms with Crippen LogP contribution in [-0.4, -0.2) is 16.2 Å². The van der Waals surface area contributed by atoms with Crippen molar-refractivity contribution in [2.75, 3.05) is 0 Å². The van der Waals surface area contributed by atoms with Crippen molar-refractivity contribution in [1.29, 1.82) is 0 Å². The van der Waals surface area contributed by atoms with E-state index in [1.807, 2.05) is 0 Å².